The van der Waals surface area contributed by atoms with Crippen LogP contribution in [-0.2, 0) is 9.59 Å². The van der Waals surface area contributed by atoms with Gasteiger partial charge in [0.05, 0.1) is 11.4 Å². The van der Waals surface area contributed by atoms with Crippen LogP contribution in [0.25, 0.3) is 0 Å². The van der Waals surface area contributed by atoms with Crippen LogP contribution in [0.5, 0.6) is 0 Å². The third kappa shape index (κ3) is 1.68. The number of hydrogen-bond donors (Lipinski definition) is 0. The Bertz CT molecular complexity index is 508. The molecule has 1 saturated carbocycles. The van der Waals surface area contributed by atoms with E-state index in [1.165, 1.54) is 0 Å². The van der Waals surface area contributed by atoms with E-state index in [4.69, 9.17) is 0 Å². The van der Waals surface area contributed by atoms with E-state index in [1.807, 2.05) is 36.1 Å². The summed E-state index contributed by atoms with van der Waals surface area (Å²) in [6.07, 6.45) is 2.56. The standard InChI is InChI=1S/C14H16N2O2/c1-2-13(17)15-9-14(18)16(10-7-8-10)12-6-4-3-5-11(12)15/h3-6,10H,2,7-9H2,1H3. The highest BCUT2D eigenvalue weighted by molar-refractivity contribution is 6.11. The summed E-state index contributed by atoms with van der Waals surface area (Å²) in [5.74, 6) is 0.0456. The van der Waals surface area contributed by atoms with E-state index < -0.39 is 0 Å². The molecular formula is C14H16N2O2. The molecule has 1 heterocycles. The smallest absolute Gasteiger partial charge is 0.247 e. The Morgan fingerprint density at radius 1 is 1.28 bits per heavy atom. The molecule has 1 aromatic rings. The fourth-order valence-electron chi connectivity index (χ4n) is 2.47. The summed E-state index contributed by atoms with van der Waals surface area (Å²) in [5.41, 5.74) is 1.76. The van der Waals surface area contributed by atoms with Crippen LogP contribution in [0.3, 0.4) is 0 Å². The molecular weight excluding hydrogens is 228 g/mol. The normalized spacial score (nSPS) is 18.8. The summed E-state index contributed by atoms with van der Waals surface area (Å²) in [7, 11) is 0. The molecule has 0 N–H and O–H groups in total. The lowest BCUT2D eigenvalue weighted by Crippen LogP contribution is -2.48. The number of carbonyl (C=O) groups is 2. The lowest BCUT2D eigenvalue weighted by molar-refractivity contribution is -0.122. The largest absolute Gasteiger partial charge is 0.306 e. The summed E-state index contributed by atoms with van der Waals surface area (Å²) in [5, 5.41) is 0. The quantitative estimate of drug-likeness (QED) is 0.797. The Labute approximate surface area is 106 Å². The van der Waals surface area contributed by atoms with Crippen LogP contribution in [0.15, 0.2) is 24.3 Å². The highest BCUT2D eigenvalue weighted by Crippen LogP contribution is 2.40. The van der Waals surface area contributed by atoms with Crippen LogP contribution in [-0.4, -0.2) is 24.4 Å². The van der Waals surface area contributed by atoms with E-state index in [-0.39, 0.29) is 18.4 Å². The zero-order chi connectivity index (χ0) is 12.7. The molecule has 3 rings (SSSR count). The van der Waals surface area contributed by atoms with E-state index in [9.17, 15) is 9.59 Å². The zero-order valence-corrected chi connectivity index (χ0v) is 10.4. The van der Waals surface area contributed by atoms with Gasteiger partial charge in [0.1, 0.15) is 6.54 Å². The molecule has 18 heavy (non-hydrogen) atoms. The fraction of sp³-hybridized carbons (Fsp3) is 0.429. The maximum atomic E-state index is 12.2. The van der Waals surface area contributed by atoms with Crippen molar-refractivity contribution in [2.45, 2.75) is 32.2 Å². The molecule has 94 valence electrons. The molecule has 0 aromatic heterocycles. The average molecular weight is 244 g/mol. The lowest BCUT2D eigenvalue weighted by atomic mass is 10.1. The Kier molecular flexibility index (Phi) is 2.58. The van der Waals surface area contributed by atoms with Gasteiger partial charge in [-0.05, 0) is 25.0 Å². The van der Waals surface area contributed by atoms with Gasteiger partial charge in [-0.15, -0.1) is 0 Å². The average Bonchev–Trinajstić information content (AvgIpc) is 3.21. The Balaban J connectivity index is 2.05. The second-order valence-electron chi connectivity index (χ2n) is 4.82. The van der Waals surface area contributed by atoms with Crippen molar-refractivity contribution in [3.8, 4) is 0 Å². The molecule has 0 saturated heterocycles. The summed E-state index contributed by atoms with van der Waals surface area (Å²) < 4.78 is 0. The van der Waals surface area contributed by atoms with E-state index in [0.29, 0.717) is 12.5 Å². The molecule has 4 heteroatoms. The minimum Gasteiger partial charge on any atom is -0.306 e. The lowest BCUT2D eigenvalue weighted by Gasteiger charge is -2.36. The number of fused-ring (bicyclic) bond motifs is 1. The molecule has 0 bridgehead atoms. The van der Waals surface area contributed by atoms with Crippen molar-refractivity contribution in [2.75, 3.05) is 16.3 Å². The summed E-state index contributed by atoms with van der Waals surface area (Å²) in [6.45, 7) is 2.00. The Morgan fingerprint density at radius 3 is 2.56 bits per heavy atom. The second-order valence-corrected chi connectivity index (χ2v) is 4.82. The van der Waals surface area contributed by atoms with Gasteiger partial charge in [-0.2, -0.15) is 0 Å². The number of nitrogens with zero attached hydrogens (tertiary/aromatic N) is 2. The van der Waals surface area contributed by atoms with Gasteiger partial charge in [-0.3, -0.25) is 9.59 Å². The van der Waals surface area contributed by atoms with Gasteiger partial charge in [0.25, 0.3) is 0 Å². The van der Waals surface area contributed by atoms with Crippen molar-refractivity contribution in [2.24, 2.45) is 0 Å². The van der Waals surface area contributed by atoms with Crippen LogP contribution in [0.1, 0.15) is 26.2 Å². The van der Waals surface area contributed by atoms with Crippen molar-refractivity contribution in [3.05, 3.63) is 24.3 Å². The zero-order valence-electron chi connectivity index (χ0n) is 10.4. The summed E-state index contributed by atoms with van der Waals surface area (Å²) in [6, 6.07) is 8.03. The summed E-state index contributed by atoms with van der Waals surface area (Å²) in [4.78, 5) is 27.6. The van der Waals surface area contributed by atoms with Crippen LogP contribution < -0.4 is 9.80 Å². The molecule has 0 radical (unpaired) electrons. The maximum absolute atomic E-state index is 12.2. The van der Waals surface area contributed by atoms with Gasteiger partial charge in [0, 0.05) is 12.5 Å². The van der Waals surface area contributed by atoms with E-state index in [0.717, 1.165) is 24.2 Å². The molecule has 0 spiro atoms. The predicted molar refractivity (Wildman–Crippen MR) is 69.6 cm³/mol. The number of carbonyl (C=O) groups excluding carboxylic acids is 2. The van der Waals surface area contributed by atoms with Crippen molar-refractivity contribution in [1.29, 1.82) is 0 Å². The highest BCUT2D eigenvalue weighted by atomic mass is 16.2. The minimum atomic E-state index is 0.00578. The van der Waals surface area contributed by atoms with Crippen LogP contribution in [0, 0.1) is 0 Å². The molecule has 1 fully saturated rings. The molecule has 1 aliphatic heterocycles. The van der Waals surface area contributed by atoms with Crippen molar-refractivity contribution in [3.63, 3.8) is 0 Å². The van der Waals surface area contributed by atoms with Gasteiger partial charge in [-0.25, -0.2) is 0 Å². The number of anilines is 2. The number of benzene rings is 1. The summed E-state index contributed by atoms with van der Waals surface area (Å²) >= 11 is 0. The number of para-hydroxylation sites is 2. The van der Waals surface area contributed by atoms with Gasteiger partial charge in [-0.1, -0.05) is 19.1 Å². The highest BCUT2D eigenvalue weighted by Gasteiger charge is 2.39. The van der Waals surface area contributed by atoms with Gasteiger partial charge < -0.3 is 9.80 Å². The van der Waals surface area contributed by atoms with Gasteiger partial charge >= 0.3 is 0 Å². The van der Waals surface area contributed by atoms with Gasteiger partial charge in [0.2, 0.25) is 11.8 Å². The van der Waals surface area contributed by atoms with E-state index >= 15 is 0 Å². The Morgan fingerprint density at radius 2 is 1.94 bits per heavy atom. The molecule has 0 atom stereocenters. The number of hydrogen-bond acceptors (Lipinski definition) is 2. The molecule has 2 amide bonds. The van der Waals surface area contributed by atoms with E-state index in [1.54, 1.807) is 4.90 Å². The first-order chi connectivity index (χ1) is 8.72. The van der Waals surface area contributed by atoms with E-state index in [2.05, 4.69) is 0 Å². The first kappa shape index (κ1) is 11.3. The SMILES string of the molecule is CCC(=O)N1CC(=O)N(C2CC2)c2ccccc21. The van der Waals surface area contributed by atoms with Crippen LogP contribution in [0.2, 0.25) is 0 Å². The molecule has 4 nitrogen and oxygen atoms in total. The fourth-order valence-corrected chi connectivity index (χ4v) is 2.47. The second kappa shape index (κ2) is 4.12. The first-order valence-corrected chi connectivity index (χ1v) is 6.44. The van der Waals surface area contributed by atoms with Crippen LogP contribution >= 0.6 is 0 Å². The monoisotopic (exact) mass is 244 g/mol. The molecule has 0 unspecified atom stereocenters. The minimum absolute atomic E-state index is 0.00578. The van der Waals surface area contributed by atoms with Crippen LogP contribution in [0.4, 0.5) is 11.4 Å². The third-order valence-electron chi connectivity index (χ3n) is 3.51. The molecule has 1 aliphatic carbocycles. The van der Waals surface area contributed by atoms with Crippen molar-refractivity contribution < 1.29 is 9.59 Å². The Hall–Kier alpha value is -1.84. The first-order valence-electron chi connectivity index (χ1n) is 6.44. The predicted octanol–water partition coefficient (Wildman–Crippen LogP) is 1.94. The maximum Gasteiger partial charge on any atom is 0.247 e. The van der Waals surface area contributed by atoms with Crippen molar-refractivity contribution in [1.82, 2.24) is 0 Å². The molecule has 1 aromatic carbocycles. The topological polar surface area (TPSA) is 40.6 Å². The number of rotatable bonds is 2. The number of amides is 2. The van der Waals surface area contributed by atoms with Gasteiger partial charge in [0.15, 0.2) is 0 Å². The van der Waals surface area contributed by atoms with Crippen molar-refractivity contribution >= 4 is 23.2 Å². The molecule has 2 aliphatic rings. The third-order valence-corrected chi connectivity index (χ3v) is 3.51.